The molecule has 1 atom stereocenters. The lowest BCUT2D eigenvalue weighted by molar-refractivity contribution is -0.136. The van der Waals surface area contributed by atoms with Gasteiger partial charge in [0.1, 0.15) is 5.75 Å². The van der Waals surface area contributed by atoms with Crippen molar-refractivity contribution in [3.05, 3.63) is 24.3 Å². The lowest BCUT2D eigenvalue weighted by Crippen LogP contribution is -2.37. The number of nitrogens with zero attached hydrogens (tertiary/aromatic N) is 1. The van der Waals surface area contributed by atoms with Gasteiger partial charge in [-0.15, -0.1) is 0 Å². The van der Waals surface area contributed by atoms with E-state index >= 15 is 0 Å². The lowest BCUT2D eigenvalue weighted by atomic mass is 10.0. The van der Waals surface area contributed by atoms with E-state index < -0.39 is 11.8 Å². The minimum atomic E-state index is -0.640. The molecular formula is C20H31N3O3. The number of hydrogen-bond acceptors (Lipinski definition) is 4. The van der Waals surface area contributed by atoms with E-state index in [0.717, 1.165) is 31.1 Å². The van der Waals surface area contributed by atoms with Crippen molar-refractivity contribution in [2.45, 2.75) is 39.5 Å². The summed E-state index contributed by atoms with van der Waals surface area (Å²) in [5, 5.41) is 5.28. The van der Waals surface area contributed by atoms with Crippen LogP contribution in [-0.4, -0.2) is 49.5 Å². The predicted molar refractivity (Wildman–Crippen MR) is 103 cm³/mol. The highest BCUT2D eigenvalue weighted by molar-refractivity contribution is 6.39. The molecular weight excluding hydrogens is 330 g/mol. The Labute approximate surface area is 156 Å². The fraction of sp³-hybridized carbons (Fsp3) is 0.600. The van der Waals surface area contributed by atoms with Crippen LogP contribution < -0.4 is 15.4 Å². The average Bonchev–Trinajstić information content (AvgIpc) is 2.63. The molecule has 0 radical (unpaired) electrons. The van der Waals surface area contributed by atoms with Crippen LogP contribution in [0.3, 0.4) is 0 Å². The van der Waals surface area contributed by atoms with Gasteiger partial charge in [0.05, 0.1) is 6.61 Å². The molecule has 1 aliphatic heterocycles. The summed E-state index contributed by atoms with van der Waals surface area (Å²) in [7, 11) is 0. The quantitative estimate of drug-likeness (QED) is 0.552. The van der Waals surface area contributed by atoms with E-state index in [9.17, 15) is 9.59 Å². The van der Waals surface area contributed by atoms with Crippen molar-refractivity contribution >= 4 is 17.5 Å². The van der Waals surface area contributed by atoms with Gasteiger partial charge in [-0.25, -0.2) is 0 Å². The van der Waals surface area contributed by atoms with Crippen molar-refractivity contribution in [2.24, 2.45) is 5.92 Å². The molecule has 1 unspecified atom stereocenters. The number of anilines is 1. The van der Waals surface area contributed by atoms with Gasteiger partial charge in [-0.1, -0.05) is 6.92 Å². The molecule has 26 heavy (non-hydrogen) atoms. The van der Waals surface area contributed by atoms with Crippen molar-refractivity contribution in [1.29, 1.82) is 0 Å². The number of rotatable bonds is 8. The van der Waals surface area contributed by atoms with E-state index in [0.29, 0.717) is 18.8 Å². The molecule has 1 aliphatic rings. The second-order valence-corrected chi connectivity index (χ2v) is 6.92. The number of hydrogen-bond donors (Lipinski definition) is 2. The Balaban J connectivity index is 1.60. The monoisotopic (exact) mass is 361 g/mol. The first-order valence-corrected chi connectivity index (χ1v) is 9.63. The molecule has 1 fully saturated rings. The molecule has 0 aliphatic carbocycles. The molecule has 2 rings (SSSR count). The Bertz CT molecular complexity index is 574. The number of unbranched alkanes of at least 4 members (excludes halogenated alkanes) is 1. The van der Waals surface area contributed by atoms with Gasteiger partial charge < -0.3 is 20.3 Å². The third-order valence-corrected chi connectivity index (χ3v) is 4.56. The summed E-state index contributed by atoms with van der Waals surface area (Å²) in [6.07, 6.45) is 4.53. The number of ether oxygens (including phenoxy) is 1. The Morgan fingerprint density at radius 2 is 1.96 bits per heavy atom. The van der Waals surface area contributed by atoms with Crippen LogP contribution in [0.4, 0.5) is 5.69 Å². The second-order valence-electron chi connectivity index (χ2n) is 6.92. The van der Waals surface area contributed by atoms with Crippen molar-refractivity contribution in [3.8, 4) is 5.75 Å². The van der Waals surface area contributed by atoms with Crippen LogP contribution in [-0.2, 0) is 9.59 Å². The highest BCUT2D eigenvalue weighted by Gasteiger charge is 2.16. The number of likely N-dealkylation sites (tertiary alicyclic amines) is 1. The van der Waals surface area contributed by atoms with E-state index in [1.807, 2.05) is 6.92 Å². The summed E-state index contributed by atoms with van der Waals surface area (Å²) >= 11 is 0. The van der Waals surface area contributed by atoms with Gasteiger partial charge in [0.25, 0.3) is 0 Å². The van der Waals surface area contributed by atoms with E-state index in [1.54, 1.807) is 24.3 Å². The van der Waals surface area contributed by atoms with Crippen LogP contribution in [0.15, 0.2) is 24.3 Å². The van der Waals surface area contributed by atoms with Gasteiger partial charge in [-0.2, -0.15) is 0 Å². The first-order valence-electron chi connectivity index (χ1n) is 9.63. The molecule has 1 heterocycles. The second kappa shape index (κ2) is 10.8. The SMILES string of the molecule is CCOc1ccc(NC(=O)C(=O)NCCCCN2CCCC(C)C2)cc1. The summed E-state index contributed by atoms with van der Waals surface area (Å²) in [5.41, 5.74) is 0.577. The van der Waals surface area contributed by atoms with Gasteiger partial charge in [-0.05, 0) is 75.9 Å². The largest absolute Gasteiger partial charge is 0.494 e. The molecule has 6 heteroatoms. The molecule has 0 saturated carbocycles. The van der Waals surface area contributed by atoms with E-state index in [4.69, 9.17) is 4.74 Å². The Hall–Kier alpha value is -2.08. The topological polar surface area (TPSA) is 70.7 Å². The first kappa shape index (κ1) is 20.2. The predicted octanol–water partition coefficient (Wildman–Crippen LogP) is 2.65. The fourth-order valence-corrected chi connectivity index (χ4v) is 3.22. The Morgan fingerprint density at radius 1 is 1.19 bits per heavy atom. The highest BCUT2D eigenvalue weighted by Crippen LogP contribution is 2.16. The highest BCUT2D eigenvalue weighted by atomic mass is 16.5. The maximum atomic E-state index is 11.9. The van der Waals surface area contributed by atoms with Crippen molar-refractivity contribution in [1.82, 2.24) is 10.2 Å². The summed E-state index contributed by atoms with van der Waals surface area (Å²) in [6.45, 7) is 8.75. The third-order valence-electron chi connectivity index (χ3n) is 4.56. The summed E-state index contributed by atoms with van der Waals surface area (Å²) in [6, 6.07) is 6.96. The van der Waals surface area contributed by atoms with E-state index in [1.165, 1.54) is 25.9 Å². The first-order chi connectivity index (χ1) is 12.6. The van der Waals surface area contributed by atoms with Gasteiger partial charge in [0.2, 0.25) is 0 Å². The van der Waals surface area contributed by atoms with Crippen LogP contribution in [0.1, 0.15) is 39.5 Å². The minimum Gasteiger partial charge on any atom is -0.494 e. The molecule has 1 aromatic carbocycles. The zero-order chi connectivity index (χ0) is 18.8. The van der Waals surface area contributed by atoms with Crippen LogP contribution >= 0.6 is 0 Å². The third kappa shape index (κ3) is 7.04. The normalized spacial score (nSPS) is 17.5. The summed E-state index contributed by atoms with van der Waals surface area (Å²) < 4.78 is 5.34. The van der Waals surface area contributed by atoms with Crippen LogP contribution in [0.25, 0.3) is 0 Å². The molecule has 1 aromatic rings. The number of carbonyl (C=O) groups excluding carboxylic acids is 2. The van der Waals surface area contributed by atoms with Crippen molar-refractivity contribution < 1.29 is 14.3 Å². The molecule has 2 N–H and O–H groups in total. The number of benzene rings is 1. The van der Waals surface area contributed by atoms with E-state index in [2.05, 4.69) is 22.5 Å². The van der Waals surface area contributed by atoms with Crippen molar-refractivity contribution in [3.63, 3.8) is 0 Å². The maximum absolute atomic E-state index is 11.9. The molecule has 2 amide bonds. The molecule has 144 valence electrons. The zero-order valence-electron chi connectivity index (χ0n) is 15.9. The molecule has 0 bridgehead atoms. The lowest BCUT2D eigenvalue weighted by Gasteiger charge is -2.30. The molecule has 0 spiro atoms. The summed E-state index contributed by atoms with van der Waals surface area (Å²) in [4.78, 5) is 26.3. The molecule has 6 nitrogen and oxygen atoms in total. The maximum Gasteiger partial charge on any atom is 0.313 e. The minimum absolute atomic E-state index is 0.527. The number of piperidine rings is 1. The van der Waals surface area contributed by atoms with Crippen molar-refractivity contribution in [2.75, 3.05) is 38.1 Å². The molecule has 1 saturated heterocycles. The smallest absolute Gasteiger partial charge is 0.313 e. The Morgan fingerprint density at radius 3 is 2.65 bits per heavy atom. The van der Waals surface area contributed by atoms with Crippen LogP contribution in [0, 0.1) is 5.92 Å². The Kier molecular flexibility index (Phi) is 8.41. The number of carbonyl (C=O) groups is 2. The number of nitrogens with one attached hydrogen (secondary N) is 2. The summed E-state index contributed by atoms with van der Waals surface area (Å²) in [5.74, 6) is 0.289. The standard InChI is InChI=1S/C20H31N3O3/c1-3-26-18-10-8-17(9-11-18)22-20(25)19(24)21-12-4-5-13-23-14-6-7-16(2)15-23/h8-11,16H,3-7,12-15H2,1-2H3,(H,21,24)(H,22,25). The number of amides is 2. The van der Waals surface area contributed by atoms with Gasteiger partial charge in [0.15, 0.2) is 0 Å². The van der Waals surface area contributed by atoms with Crippen LogP contribution in [0.5, 0.6) is 5.75 Å². The van der Waals surface area contributed by atoms with Gasteiger partial charge >= 0.3 is 11.8 Å². The van der Waals surface area contributed by atoms with E-state index in [-0.39, 0.29) is 0 Å². The zero-order valence-corrected chi connectivity index (χ0v) is 15.9. The van der Waals surface area contributed by atoms with Gasteiger partial charge in [-0.3, -0.25) is 9.59 Å². The average molecular weight is 361 g/mol. The molecule has 0 aromatic heterocycles. The van der Waals surface area contributed by atoms with Gasteiger partial charge in [0, 0.05) is 18.8 Å². The fourth-order valence-electron chi connectivity index (χ4n) is 3.22. The van der Waals surface area contributed by atoms with Crippen LogP contribution in [0.2, 0.25) is 0 Å².